The van der Waals surface area contributed by atoms with Crippen molar-refractivity contribution < 1.29 is 38.9 Å². The van der Waals surface area contributed by atoms with E-state index in [9.17, 15) is 29.4 Å². The number of aliphatic hydroxyl groups is 2. The second-order valence-electron chi connectivity index (χ2n) is 7.80. The molecule has 0 bridgehead atoms. The van der Waals surface area contributed by atoms with Crippen molar-refractivity contribution in [2.75, 3.05) is 6.61 Å². The lowest BCUT2D eigenvalue weighted by atomic mass is 9.81. The van der Waals surface area contributed by atoms with Gasteiger partial charge in [0.25, 0.3) is 0 Å². The van der Waals surface area contributed by atoms with Gasteiger partial charge in [0.15, 0.2) is 12.2 Å². The van der Waals surface area contributed by atoms with Gasteiger partial charge in [0.1, 0.15) is 0 Å². The maximum atomic E-state index is 13.6. The van der Waals surface area contributed by atoms with Gasteiger partial charge >= 0.3 is 11.9 Å². The summed E-state index contributed by atoms with van der Waals surface area (Å²) < 4.78 is 10.3. The van der Waals surface area contributed by atoms with Gasteiger partial charge in [-0.15, -0.1) is 0 Å². The van der Waals surface area contributed by atoms with Gasteiger partial charge in [-0.1, -0.05) is 87.4 Å². The molecule has 34 heavy (non-hydrogen) atoms. The van der Waals surface area contributed by atoms with Gasteiger partial charge < -0.3 is 19.7 Å². The van der Waals surface area contributed by atoms with Crippen molar-refractivity contribution in [1.29, 1.82) is 0 Å². The minimum Gasteiger partial charge on any atom is -0.464 e. The molecule has 0 fully saturated rings. The maximum absolute atomic E-state index is 13.6. The molecule has 2 rings (SSSR count). The number of rotatable bonds is 13. The molecule has 8 nitrogen and oxygen atoms in total. The number of benzene rings is 2. The first kappa shape index (κ1) is 26.9. The Labute approximate surface area is 198 Å². The Hall–Kier alpha value is -3.36. The van der Waals surface area contributed by atoms with Crippen LogP contribution in [-0.2, 0) is 19.1 Å². The fourth-order valence-electron chi connectivity index (χ4n) is 3.36. The Morgan fingerprint density at radius 2 is 1.24 bits per heavy atom. The molecular formula is C26H30O8. The number of hydrogen-bond acceptors (Lipinski definition) is 8. The largest absolute Gasteiger partial charge is 0.464 e. The standard InChI is InChI=1S/C26H30O8/c1-3-5-17-33-24(31)20(27)21(28)25(32)34-26(16-4-2,22(29)18-12-8-6-9-13-18)23(30)19-14-10-7-11-15-19/h6-15,20-21,27-28H,3-5,16-17H2,1-2H3. The third-order valence-corrected chi connectivity index (χ3v) is 5.21. The summed E-state index contributed by atoms with van der Waals surface area (Å²) in [6, 6.07) is 15.7. The third-order valence-electron chi connectivity index (χ3n) is 5.21. The summed E-state index contributed by atoms with van der Waals surface area (Å²) in [6.45, 7) is 3.58. The van der Waals surface area contributed by atoms with E-state index in [1.54, 1.807) is 43.3 Å². The third kappa shape index (κ3) is 6.36. The molecule has 2 atom stereocenters. The summed E-state index contributed by atoms with van der Waals surface area (Å²) in [5.74, 6) is -4.24. The van der Waals surface area contributed by atoms with Crippen molar-refractivity contribution >= 4 is 23.5 Å². The van der Waals surface area contributed by atoms with Gasteiger partial charge in [-0.25, -0.2) is 9.59 Å². The molecule has 2 aromatic carbocycles. The first-order chi connectivity index (χ1) is 16.3. The van der Waals surface area contributed by atoms with E-state index in [1.165, 1.54) is 24.3 Å². The van der Waals surface area contributed by atoms with Crippen molar-refractivity contribution in [3.05, 3.63) is 71.8 Å². The molecule has 2 N–H and O–H groups in total. The summed E-state index contributed by atoms with van der Waals surface area (Å²) in [5, 5.41) is 20.4. The van der Waals surface area contributed by atoms with Crippen LogP contribution in [0.25, 0.3) is 0 Å². The Balaban J connectivity index is 2.42. The Morgan fingerprint density at radius 3 is 1.68 bits per heavy atom. The monoisotopic (exact) mass is 470 g/mol. The molecule has 0 amide bonds. The van der Waals surface area contributed by atoms with Crippen LogP contribution in [-0.4, -0.2) is 58.1 Å². The molecular weight excluding hydrogens is 440 g/mol. The molecule has 0 heterocycles. The molecule has 0 aliphatic carbocycles. The van der Waals surface area contributed by atoms with Gasteiger partial charge in [-0.05, 0) is 6.42 Å². The first-order valence-electron chi connectivity index (χ1n) is 11.2. The number of hydrogen-bond donors (Lipinski definition) is 2. The summed E-state index contributed by atoms with van der Waals surface area (Å²) in [4.78, 5) is 52.0. The van der Waals surface area contributed by atoms with Crippen LogP contribution in [0.15, 0.2) is 60.7 Å². The number of carbonyl (C=O) groups is 4. The number of unbranched alkanes of at least 4 members (excludes halogenated alkanes) is 1. The molecule has 0 saturated carbocycles. The minimum atomic E-state index is -2.35. The molecule has 2 unspecified atom stereocenters. The van der Waals surface area contributed by atoms with Crippen LogP contribution >= 0.6 is 0 Å². The zero-order valence-electron chi connectivity index (χ0n) is 19.3. The highest BCUT2D eigenvalue weighted by molar-refractivity contribution is 6.23. The van der Waals surface area contributed by atoms with Crippen LogP contribution in [0.3, 0.4) is 0 Å². The van der Waals surface area contributed by atoms with Gasteiger partial charge in [-0.2, -0.15) is 0 Å². The predicted molar refractivity (Wildman–Crippen MR) is 123 cm³/mol. The van der Waals surface area contributed by atoms with Crippen molar-refractivity contribution in [1.82, 2.24) is 0 Å². The van der Waals surface area contributed by atoms with Crippen LogP contribution in [0.4, 0.5) is 0 Å². The van der Waals surface area contributed by atoms with E-state index >= 15 is 0 Å². The van der Waals surface area contributed by atoms with Crippen LogP contribution < -0.4 is 0 Å². The molecule has 8 heteroatoms. The number of aliphatic hydroxyl groups excluding tert-OH is 2. The quantitative estimate of drug-likeness (QED) is 0.198. The Bertz CT molecular complexity index is 919. The fraction of sp³-hybridized carbons (Fsp3) is 0.385. The highest BCUT2D eigenvalue weighted by Gasteiger charge is 2.51. The molecule has 0 aliphatic heterocycles. The zero-order chi connectivity index (χ0) is 25.1. The second kappa shape index (κ2) is 12.8. The Morgan fingerprint density at radius 1 is 0.765 bits per heavy atom. The van der Waals surface area contributed by atoms with E-state index < -0.39 is 41.3 Å². The SMILES string of the molecule is CCCCOC(=O)C(O)C(O)C(=O)OC(CCC)(C(=O)c1ccccc1)C(=O)c1ccccc1. The highest BCUT2D eigenvalue weighted by Crippen LogP contribution is 2.29. The number of ketones is 2. The number of esters is 2. The average molecular weight is 471 g/mol. The van der Waals surface area contributed by atoms with E-state index in [0.717, 1.165) is 6.42 Å². The van der Waals surface area contributed by atoms with Crippen LogP contribution in [0.5, 0.6) is 0 Å². The van der Waals surface area contributed by atoms with Crippen LogP contribution in [0, 0.1) is 0 Å². The lowest BCUT2D eigenvalue weighted by Crippen LogP contribution is -2.54. The van der Waals surface area contributed by atoms with Gasteiger partial charge in [0, 0.05) is 17.5 Å². The highest BCUT2D eigenvalue weighted by atomic mass is 16.6. The second-order valence-corrected chi connectivity index (χ2v) is 7.80. The van der Waals surface area contributed by atoms with E-state index in [2.05, 4.69) is 0 Å². The van der Waals surface area contributed by atoms with Gasteiger partial charge in [-0.3, -0.25) is 9.59 Å². The number of Topliss-reactive ketones (excluding diaryl/α,β-unsaturated/α-hetero) is 2. The lowest BCUT2D eigenvalue weighted by Gasteiger charge is -2.32. The van der Waals surface area contributed by atoms with E-state index in [1.807, 2.05) is 6.92 Å². The van der Waals surface area contributed by atoms with E-state index in [0.29, 0.717) is 6.42 Å². The van der Waals surface area contributed by atoms with Crippen molar-refractivity contribution in [2.24, 2.45) is 0 Å². The molecule has 182 valence electrons. The van der Waals surface area contributed by atoms with E-state index in [-0.39, 0.29) is 30.6 Å². The van der Waals surface area contributed by atoms with Crippen LogP contribution in [0.2, 0.25) is 0 Å². The van der Waals surface area contributed by atoms with E-state index in [4.69, 9.17) is 9.47 Å². The molecule has 0 aromatic heterocycles. The summed E-state index contributed by atoms with van der Waals surface area (Å²) in [5.41, 5.74) is -2.05. The zero-order valence-corrected chi connectivity index (χ0v) is 19.3. The fourth-order valence-corrected chi connectivity index (χ4v) is 3.36. The first-order valence-corrected chi connectivity index (χ1v) is 11.2. The average Bonchev–Trinajstić information content (AvgIpc) is 2.87. The maximum Gasteiger partial charge on any atom is 0.339 e. The van der Waals surface area contributed by atoms with Gasteiger partial charge in [0.2, 0.25) is 17.2 Å². The smallest absolute Gasteiger partial charge is 0.339 e. The van der Waals surface area contributed by atoms with Gasteiger partial charge in [0.05, 0.1) is 6.61 Å². The lowest BCUT2D eigenvalue weighted by molar-refractivity contribution is -0.178. The number of ether oxygens (including phenoxy) is 2. The summed E-state index contributed by atoms with van der Waals surface area (Å²) >= 11 is 0. The predicted octanol–water partition coefficient (Wildman–Crippen LogP) is 2.90. The summed E-state index contributed by atoms with van der Waals surface area (Å²) in [7, 11) is 0. The topological polar surface area (TPSA) is 127 Å². The van der Waals surface area contributed by atoms with Crippen LogP contribution in [0.1, 0.15) is 60.2 Å². The molecule has 2 aromatic rings. The van der Waals surface area contributed by atoms with Crippen molar-refractivity contribution in [2.45, 2.75) is 57.3 Å². The van der Waals surface area contributed by atoms with Crippen molar-refractivity contribution in [3.63, 3.8) is 0 Å². The summed E-state index contributed by atoms with van der Waals surface area (Å²) in [6.07, 6.45) is -3.21. The normalized spacial score (nSPS) is 12.9. The molecule has 0 aliphatic rings. The molecule has 0 radical (unpaired) electrons. The minimum absolute atomic E-state index is 0.00686. The van der Waals surface area contributed by atoms with Crippen molar-refractivity contribution in [3.8, 4) is 0 Å². The Kier molecular flexibility index (Phi) is 10.1. The molecule has 0 spiro atoms. The molecule has 0 saturated heterocycles. The number of carbonyl (C=O) groups excluding carboxylic acids is 4.